The Labute approximate surface area is 147 Å². The summed E-state index contributed by atoms with van der Waals surface area (Å²) in [6, 6.07) is 11.0. The van der Waals surface area contributed by atoms with Gasteiger partial charge in [0, 0.05) is 24.2 Å². The highest BCUT2D eigenvalue weighted by molar-refractivity contribution is 5.89. The van der Waals surface area contributed by atoms with Gasteiger partial charge in [-0.15, -0.1) is 0 Å². The highest BCUT2D eigenvalue weighted by Crippen LogP contribution is 2.19. The lowest BCUT2D eigenvalue weighted by molar-refractivity contribution is 0.0472. The van der Waals surface area contributed by atoms with Gasteiger partial charge in [0.2, 0.25) is 0 Å². The minimum Gasteiger partial charge on any atom is -0.457 e. The van der Waals surface area contributed by atoms with Gasteiger partial charge in [0.05, 0.1) is 16.6 Å². The Morgan fingerprint density at radius 2 is 2.19 bits per heavy atom. The Bertz CT molecular complexity index is 1110. The Morgan fingerprint density at radius 3 is 2.92 bits per heavy atom. The van der Waals surface area contributed by atoms with Crippen LogP contribution in [0.5, 0.6) is 0 Å². The van der Waals surface area contributed by atoms with Crippen LogP contribution in [0.4, 0.5) is 0 Å². The molecule has 0 bridgehead atoms. The van der Waals surface area contributed by atoms with Gasteiger partial charge in [-0.3, -0.25) is 0 Å². The number of esters is 1. The molecular formula is C18H12N6O2. The Balaban J connectivity index is 1.50. The number of carbonyl (C=O) groups is 1. The van der Waals surface area contributed by atoms with E-state index in [1.54, 1.807) is 18.3 Å². The van der Waals surface area contributed by atoms with E-state index in [1.807, 2.05) is 28.8 Å². The maximum atomic E-state index is 12.2. The molecule has 0 aliphatic heterocycles. The third-order valence-electron chi connectivity index (χ3n) is 3.87. The molecule has 0 N–H and O–H groups in total. The number of aromatic nitrogens is 5. The van der Waals surface area contributed by atoms with E-state index < -0.39 is 5.97 Å². The molecular weight excluding hydrogens is 332 g/mol. The summed E-state index contributed by atoms with van der Waals surface area (Å²) in [4.78, 5) is 20.3. The van der Waals surface area contributed by atoms with Crippen molar-refractivity contribution >= 4 is 11.5 Å². The summed E-state index contributed by atoms with van der Waals surface area (Å²) >= 11 is 0. The Morgan fingerprint density at radius 1 is 1.27 bits per heavy atom. The van der Waals surface area contributed by atoms with Crippen molar-refractivity contribution in [1.82, 2.24) is 24.1 Å². The van der Waals surface area contributed by atoms with Crippen molar-refractivity contribution < 1.29 is 9.53 Å². The predicted molar refractivity (Wildman–Crippen MR) is 90.4 cm³/mol. The maximum Gasteiger partial charge on any atom is 0.340 e. The van der Waals surface area contributed by atoms with Crippen LogP contribution in [-0.2, 0) is 11.3 Å². The number of fused-ring (bicyclic) bond motifs is 1. The third-order valence-corrected chi connectivity index (χ3v) is 3.87. The second-order valence-corrected chi connectivity index (χ2v) is 5.46. The SMILES string of the molecule is N#Cc1c(COC(=O)c2ccc(-n3cncn3)nc2)cn2ccccc12. The smallest absolute Gasteiger partial charge is 0.340 e. The molecule has 0 saturated carbocycles. The summed E-state index contributed by atoms with van der Waals surface area (Å²) in [5.74, 6) is 0.0336. The fourth-order valence-corrected chi connectivity index (χ4v) is 2.61. The molecule has 0 aliphatic carbocycles. The van der Waals surface area contributed by atoms with Crippen molar-refractivity contribution in [3.63, 3.8) is 0 Å². The molecule has 0 atom stereocenters. The standard InChI is InChI=1S/C18H12N6O2/c19-7-15-14(9-23-6-2-1-3-16(15)23)10-26-18(25)13-4-5-17(21-8-13)24-12-20-11-22-24/h1-6,8-9,11-12H,10H2. The molecule has 8 nitrogen and oxygen atoms in total. The summed E-state index contributed by atoms with van der Waals surface area (Å²) in [6.45, 7) is 0.00817. The molecule has 0 fully saturated rings. The van der Waals surface area contributed by atoms with Crippen molar-refractivity contribution in [3.8, 4) is 11.9 Å². The van der Waals surface area contributed by atoms with E-state index in [0.717, 1.165) is 5.52 Å². The molecule has 0 unspecified atom stereocenters. The topological polar surface area (TPSA) is 98.1 Å². The second kappa shape index (κ2) is 6.49. The third kappa shape index (κ3) is 2.78. The van der Waals surface area contributed by atoms with E-state index >= 15 is 0 Å². The summed E-state index contributed by atoms with van der Waals surface area (Å²) in [5, 5.41) is 13.4. The fraction of sp³-hybridized carbons (Fsp3) is 0.0556. The number of ether oxygens (including phenoxy) is 1. The summed E-state index contributed by atoms with van der Waals surface area (Å²) < 4.78 is 8.66. The quantitative estimate of drug-likeness (QED) is 0.526. The zero-order valence-electron chi connectivity index (χ0n) is 13.5. The van der Waals surface area contributed by atoms with Gasteiger partial charge in [-0.05, 0) is 24.3 Å². The van der Waals surface area contributed by atoms with E-state index in [4.69, 9.17) is 4.74 Å². The lowest BCUT2D eigenvalue weighted by atomic mass is 10.2. The molecule has 0 radical (unpaired) electrons. The minimum absolute atomic E-state index is 0.00817. The number of rotatable bonds is 4. The van der Waals surface area contributed by atoms with Gasteiger partial charge < -0.3 is 9.14 Å². The van der Waals surface area contributed by atoms with E-state index in [1.165, 1.54) is 23.5 Å². The van der Waals surface area contributed by atoms with Gasteiger partial charge in [0.1, 0.15) is 25.3 Å². The maximum absolute atomic E-state index is 12.2. The zero-order chi connectivity index (χ0) is 17.9. The van der Waals surface area contributed by atoms with Gasteiger partial charge in [-0.2, -0.15) is 10.4 Å². The summed E-state index contributed by atoms with van der Waals surface area (Å²) in [5.41, 5.74) is 2.24. The molecule has 0 aliphatic rings. The van der Waals surface area contributed by atoms with Crippen molar-refractivity contribution in [1.29, 1.82) is 5.26 Å². The first-order valence-corrected chi connectivity index (χ1v) is 7.73. The molecule has 26 heavy (non-hydrogen) atoms. The van der Waals surface area contributed by atoms with E-state index in [2.05, 4.69) is 21.1 Å². The van der Waals surface area contributed by atoms with Crippen LogP contribution in [0.15, 0.2) is 61.6 Å². The normalized spacial score (nSPS) is 10.6. The molecule has 4 aromatic heterocycles. The number of carbonyl (C=O) groups excluding carboxylic acids is 1. The predicted octanol–water partition coefficient (Wildman–Crippen LogP) is 2.14. The van der Waals surface area contributed by atoms with Gasteiger partial charge >= 0.3 is 5.97 Å². The van der Waals surface area contributed by atoms with Crippen LogP contribution in [0.1, 0.15) is 21.5 Å². The lowest BCUT2D eigenvalue weighted by Crippen LogP contribution is -2.07. The van der Waals surface area contributed by atoms with Gasteiger partial charge in [-0.25, -0.2) is 19.4 Å². The van der Waals surface area contributed by atoms with Gasteiger partial charge in [-0.1, -0.05) is 6.07 Å². The zero-order valence-corrected chi connectivity index (χ0v) is 13.5. The first kappa shape index (κ1) is 15.5. The highest BCUT2D eigenvalue weighted by Gasteiger charge is 2.14. The van der Waals surface area contributed by atoms with Crippen molar-refractivity contribution in [2.75, 3.05) is 0 Å². The highest BCUT2D eigenvalue weighted by atomic mass is 16.5. The second-order valence-electron chi connectivity index (χ2n) is 5.46. The van der Waals surface area contributed by atoms with Crippen molar-refractivity contribution in [2.45, 2.75) is 6.61 Å². The number of pyridine rings is 2. The molecule has 0 spiro atoms. The molecule has 0 amide bonds. The van der Waals surface area contributed by atoms with Crippen molar-refractivity contribution in [2.24, 2.45) is 0 Å². The number of nitriles is 1. The minimum atomic E-state index is -0.512. The van der Waals surface area contributed by atoms with E-state index in [-0.39, 0.29) is 6.61 Å². The molecule has 0 saturated heterocycles. The van der Waals surface area contributed by atoms with Crippen LogP contribution < -0.4 is 0 Å². The lowest BCUT2D eigenvalue weighted by Gasteiger charge is -2.05. The van der Waals surface area contributed by atoms with E-state index in [9.17, 15) is 10.1 Å². The Kier molecular flexibility index (Phi) is 3.88. The molecule has 126 valence electrons. The average molecular weight is 344 g/mol. The fourth-order valence-electron chi connectivity index (χ4n) is 2.61. The summed E-state index contributed by atoms with van der Waals surface area (Å²) in [6.07, 6.45) is 7.96. The average Bonchev–Trinajstić information content (AvgIpc) is 3.33. The van der Waals surface area contributed by atoms with Crippen LogP contribution >= 0.6 is 0 Å². The van der Waals surface area contributed by atoms with Crippen LogP contribution in [0.25, 0.3) is 11.3 Å². The molecule has 4 aromatic rings. The molecule has 0 aromatic carbocycles. The largest absolute Gasteiger partial charge is 0.457 e. The van der Waals surface area contributed by atoms with E-state index in [0.29, 0.717) is 22.5 Å². The first-order chi connectivity index (χ1) is 12.8. The van der Waals surface area contributed by atoms with Crippen molar-refractivity contribution in [3.05, 3.63) is 78.3 Å². The summed E-state index contributed by atoms with van der Waals surface area (Å²) in [7, 11) is 0. The number of nitrogens with zero attached hydrogens (tertiary/aromatic N) is 6. The van der Waals surface area contributed by atoms with Crippen LogP contribution in [0, 0.1) is 11.3 Å². The first-order valence-electron chi connectivity index (χ1n) is 7.73. The molecule has 4 heterocycles. The van der Waals surface area contributed by atoms with Crippen LogP contribution in [0.2, 0.25) is 0 Å². The Hall–Kier alpha value is -3.99. The molecule has 8 heteroatoms. The van der Waals surface area contributed by atoms with Gasteiger partial charge in [0.25, 0.3) is 0 Å². The number of hydrogen-bond acceptors (Lipinski definition) is 6. The van der Waals surface area contributed by atoms with Crippen LogP contribution in [0.3, 0.4) is 0 Å². The van der Waals surface area contributed by atoms with Crippen LogP contribution in [-0.4, -0.2) is 30.1 Å². The number of hydrogen-bond donors (Lipinski definition) is 0. The monoisotopic (exact) mass is 344 g/mol. The van der Waals surface area contributed by atoms with Gasteiger partial charge in [0.15, 0.2) is 5.82 Å². The molecule has 4 rings (SSSR count).